The fourth-order valence-electron chi connectivity index (χ4n) is 5.96. The number of nitrogen functional groups attached to an aromatic ring is 1. The SMILES string of the molecule is COc1cccc2c1CC1(CCN(c3nc(C)c(-c4cccc5[nH]c(=O)[nH]c45)nc3N)CC1)[C@@H]2N. The summed E-state index contributed by atoms with van der Waals surface area (Å²) in [6.45, 7) is 3.54. The summed E-state index contributed by atoms with van der Waals surface area (Å²) in [5, 5.41) is 0. The van der Waals surface area contributed by atoms with Crippen molar-refractivity contribution < 1.29 is 4.74 Å². The maximum atomic E-state index is 11.8. The number of aryl methyl sites for hydroxylation is 1. The van der Waals surface area contributed by atoms with Crippen molar-refractivity contribution in [2.45, 2.75) is 32.2 Å². The van der Waals surface area contributed by atoms with Gasteiger partial charge in [-0.1, -0.05) is 24.3 Å². The first-order valence-corrected chi connectivity index (χ1v) is 11.9. The molecule has 6 N–H and O–H groups in total. The lowest BCUT2D eigenvalue weighted by atomic mass is 9.73. The van der Waals surface area contributed by atoms with E-state index in [2.05, 4.69) is 20.9 Å². The van der Waals surface area contributed by atoms with Gasteiger partial charge in [0.2, 0.25) is 0 Å². The highest BCUT2D eigenvalue weighted by molar-refractivity contribution is 5.91. The monoisotopic (exact) mass is 471 g/mol. The Morgan fingerprint density at radius 1 is 1.11 bits per heavy atom. The zero-order chi connectivity index (χ0) is 24.3. The molecular weight excluding hydrogens is 442 g/mol. The molecule has 180 valence electrons. The number of nitrogens with one attached hydrogen (secondary N) is 2. The van der Waals surface area contributed by atoms with Crippen molar-refractivity contribution in [3.05, 3.63) is 63.7 Å². The maximum Gasteiger partial charge on any atom is 0.323 e. The summed E-state index contributed by atoms with van der Waals surface area (Å²) in [5.74, 6) is 2.02. The van der Waals surface area contributed by atoms with Crippen molar-refractivity contribution >= 4 is 22.7 Å². The normalized spacial score (nSPS) is 18.8. The lowest BCUT2D eigenvalue weighted by Crippen LogP contribution is -2.45. The fourth-order valence-corrected chi connectivity index (χ4v) is 5.96. The van der Waals surface area contributed by atoms with E-state index >= 15 is 0 Å². The van der Waals surface area contributed by atoms with Crippen LogP contribution in [0.2, 0.25) is 0 Å². The molecule has 1 spiro atoms. The Bertz CT molecular complexity index is 1500. The molecule has 9 heteroatoms. The second-order valence-electron chi connectivity index (χ2n) is 9.71. The summed E-state index contributed by atoms with van der Waals surface area (Å²) in [5.41, 5.74) is 19.1. The molecule has 0 saturated carbocycles. The van der Waals surface area contributed by atoms with E-state index in [0.717, 1.165) is 54.9 Å². The molecule has 0 bridgehead atoms. The third kappa shape index (κ3) is 3.30. The number of H-pyrrole nitrogens is 2. The number of fused-ring (bicyclic) bond motifs is 2. The van der Waals surface area contributed by atoms with Crippen molar-refractivity contribution in [2.75, 3.05) is 30.8 Å². The topological polar surface area (TPSA) is 139 Å². The smallest absolute Gasteiger partial charge is 0.323 e. The summed E-state index contributed by atoms with van der Waals surface area (Å²) in [7, 11) is 1.72. The molecule has 2 aromatic heterocycles. The molecule has 2 aliphatic rings. The fraction of sp³-hybridized carbons (Fsp3) is 0.346. The van der Waals surface area contributed by atoms with Crippen LogP contribution in [-0.4, -0.2) is 40.1 Å². The number of methoxy groups -OCH3 is 1. The summed E-state index contributed by atoms with van der Waals surface area (Å²) in [4.78, 5) is 29.3. The number of benzene rings is 2. The highest BCUT2D eigenvalue weighted by atomic mass is 16.5. The van der Waals surface area contributed by atoms with Gasteiger partial charge < -0.3 is 31.1 Å². The van der Waals surface area contributed by atoms with Crippen LogP contribution in [0.25, 0.3) is 22.3 Å². The molecular formula is C26H29N7O2. The Hall–Kier alpha value is -3.85. The Balaban J connectivity index is 1.27. The number of aromatic amines is 2. The first-order chi connectivity index (χ1) is 16.9. The lowest BCUT2D eigenvalue weighted by Gasteiger charge is -2.42. The summed E-state index contributed by atoms with van der Waals surface area (Å²) in [6, 6.07) is 11.8. The minimum Gasteiger partial charge on any atom is -0.496 e. The second kappa shape index (κ2) is 7.84. The molecule has 6 rings (SSSR count). The average molecular weight is 472 g/mol. The molecule has 3 heterocycles. The Labute approximate surface area is 202 Å². The maximum absolute atomic E-state index is 11.8. The molecule has 9 nitrogen and oxygen atoms in total. The Morgan fingerprint density at radius 2 is 1.89 bits per heavy atom. The summed E-state index contributed by atoms with van der Waals surface area (Å²) < 4.78 is 5.61. The number of anilines is 2. The van der Waals surface area contributed by atoms with Gasteiger partial charge in [0, 0.05) is 24.7 Å². The van der Waals surface area contributed by atoms with E-state index in [1.165, 1.54) is 11.1 Å². The zero-order valence-electron chi connectivity index (χ0n) is 19.9. The molecule has 0 unspecified atom stereocenters. The first kappa shape index (κ1) is 21.7. The Kier molecular flexibility index (Phi) is 4.86. The van der Waals surface area contributed by atoms with Gasteiger partial charge in [0.15, 0.2) is 11.6 Å². The number of nitrogens with zero attached hydrogens (tertiary/aromatic N) is 3. The molecule has 1 fully saturated rings. The minimum absolute atomic E-state index is 0.00807. The van der Waals surface area contributed by atoms with Gasteiger partial charge in [-0.2, -0.15) is 0 Å². The van der Waals surface area contributed by atoms with E-state index in [-0.39, 0.29) is 17.1 Å². The van der Waals surface area contributed by atoms with Crippen LogP contribution in [0.1, 0.15) is 35.7 Å². The van der Waals surface area contributed by atoms with E-state index in [1.807, 2.05) is 37.3 Å². The number of piperidine rings is 1. The van der Waals surface area contributed by atoms with Gasteiger partial charge in [-0.3, -0.25) is 0 Å². The molecule has 1 atom stereocenters. The van der Waals surface area contributed by atoms with Crippen LogP contribution in [-0.2, 0) is 6.42 Å². The van der Waals surface area contributed by atoms with Crippen LogP contribution in [0.5, 0.6) is 5.75 Å². The second-order valence-corrected chi connectivity index (χ2v) is 9.71. The summed E-state index contributed by atoms with van der Waals surface area (Å²) >= 11 is 0. The van der Waals surface area contributed by atoms with Crippen molar-refractivity contribution in [1.29, 1.82) is 0 Å². The van der Waals surface area contributed by atoms with Gasteiger partial charge >= 0.3 is 5.69 Å². The first-order valence-electron chi connectivity index (χ1n) is 11.9. The van der Waals surface area contributed by atoms with Crippen LogP contribution in [0.4, 0.5) is 11.6 Å². The van der Waals surface area contributed by atoms with E-state index < -0.39 is 0 Å². The molecule has 1 saturated heterocycles. The van der Waals surface area contributed by atoms with Crippen LogP contribution in [0, 0.1) is 12.3 Å². The van der Waals surface area contributed by atoms with Crippen molar-refractivity contribution in [2.24, 2.45) is 11.1 Å². The van der Waals surface area contributed by atoms with Gasteiger partial charge in [-0.15, -0.1) is 0 Å². The molecule has 1 aliphatic heterocycles. The van der Waals surface area contributed by atoms with E-state index in [4.69, 9.17) is 26.2 Å². The zero-order valence-corrected chi connectivity index (χ0v) is 19.9. The average Bonchev–Trinajstić information content (AvgIpc) is 3.37. The van der Waals surface area contributed by atoms with Crippen molar-refractivity contribution in [3.8, 4) is 17.0 Å². The number of imidazole rings is 1. The third-order valence-electron chi connectivity index (χ3n) is 7.86. The quantitative estimate of drug-likeness (QED) is 0.360. The van der Waals surface area contributed by atoms with Gasteiger partial charge in [-0.25, -0.2) is 14.8 Å². The number of aromatic nitrogens is 4. The largest absolute Gasteiger partial charge is 0.496 e. The van der Waals surface area contributed by atoms with E-state index in [0.29, 0.717) is 22.8 Å². The number of ether oxygens (including phenoxy) is 1. The lowest BCUT2D eigenvalue weighted by molar-refractivity contribution is 0.186. The molecule has 0 radical (unpaired) electrons. The third-order valence-corrected chi connectivity index (χ3v) is 7.86. The van der Waals surface area contributed by atoms with Crippen LogP contribution >= 0.6 is 0 Å². The number of hydrogen-bond acceptors (Lipinski definition) is 7. The predicted octanol–water partition coefficient (Wildman–Crippen LogP) is 3.06. The van der Waals surface area contributed by atoms with Gasteiger partial charge in [-0.05, 0) is 54.9 Å². The van der Waals surface area contributed by atoms with E-state index in [9.17, 15) is 4.79 Å². The summed E-state index contributed by atoms with van der Waals surface area (Å²) in [6.07, 6.45) is 2.81. The molecule has 35 heavy (non-hydrogen) atoms. The predicted molar refractivity (Wildman–Crippen MR) is 137 cm³/mol. The number of rotatable bonds is 3. The van der Waals surface area contributed by atoms with Gasteiger partial charge in [0.05, 0.1) is 29.5 Å². The van der Waals surface area contributed by atoms with Gasteiger partial charge in [0.25, 0.3) is 0 Å². The van der Waals surface area contributed by atoms with Crippen LogP contribution in [0.15, 0.2) is 41.2 Å². The van der Waals surface area contributed by atoms with Gasteiger partial charge in [0.1, 0.15) is 5.75 Å². The highest BCUT2D eigenvalue weighted by Gasteiger charge is 2.47. The molecule has 0 amide bonds. The highest BCUT2D eigenvalue weighted by Crippen LogP contribution is 2.53. The van der Waals surface area contributed by atoms with Crippen LogP contribution < -0.4 is 26.8 Å². The van der Waals surface area contributed by atoms with Crippen LogP contribution in [0.3, 0.4) is 0 Å². The number of hydrogen-bond donors (Lipinski definition) is 4. The standard InChI is InChI=1S/C26H29N7O2/c1-14-20(16-6-3-7-18-21(16)32-25(34)30-18)31-23(28)24(29-14)33-11-9-26(10-12-33)13-17-15(22(26)27)5-4-8-19(17)35-2/h3-8,22H,9-13,27H2,1-2H3,(H2,28,31)(H2,30,32,34)/t22-/m1/s1. The van der Waals surface area contributed by atoms with Crippen molar-refractivity contribution in [1.82, 2.24) is 19.9 Å². The molecule has 2 aromatic carbocycles. The minimum atomic E-state index is -0.255. The number of para-hydroxylation sites is 1. The molecule has 1 aliphatic carbocycles. The van der Waals surface area contributed by atoms with E-state index in [1.54, 1.807) is 7.11 Å². The number of nitrogens with two attached hydrogens (primary N) is 2. The molecule has 4 aromatic rings. The Morgan fingerprint density at radius 3 is 2.66 bits per heavy atom. The van der Waals surface area contributed by atoms with Crippen molar-refractivity contribution in [3.63, 3.8) is 0 Å².